The molecule has 8 aromatic carbocycles. The molecule has 0 radical (unpaired) electrons. The van der Waals surface area contributed by atoms with Gasteiger partial charge in [-0.15, -0.1) is 11.3 Å². The molecule has 3 heteroatoms. The Morgan fingerprint density at radius 2 is 1.11 bits per heavy atom. The Morgan fingerprint density at radius 3 is 1.91 bits per heavy atom. The molecule has 1 aliphatic carbocycles. The first kappa shape index (κ1) is 30.2. The van der Waals surface area contributed by atoms with Gasteiger partial charge in [0.1, 0.15) is 5.58 Å². The molecule has 2 aromatic heterocycles. The summed E-state index contributed by atoms with van der Waals surface area (Å²) in [6.07, 6.45) is 0. The fraction of sp³-hybridized carbons (Fsp3) is 0.0400. The first-order chi connectivity index (χ1) is 26.1. The lowest BCUT2D eigenvalue weighted by atomic mass is 9.74. The standard InChI is InChI=1S/C50H33NOS/c1-50(43-18-8-5-14-37(43)38-15-6-9-19-44(38)50)34-24-28-46-41(30-34)40-17-11-20-45(49(40)52-46)51(35-25-22-33(23-26-35)32-12-3-2-4-13-32)36-27-29-48-42(31-36)39-16-7-10-21-47(39)53-48/h2-31H,1H3. The minimum absolute atomic E-state index is 0.284. The number of thiophene rings is 1. The van der Waals surface area contributed by atoms with Crippen LogP contribution in [0.5, 0.6) is 0 Å². The van der Waals surface area contributed by atoms with E-state index in [1.165, 1.54) is 59.1 Å². The third-order valence-corrected chi connectivity index (χ3v) is 12.5. The topological polar surface area (TPSA) is 16.4 Å². The molecule has 0 saturated carbocycles. The maximum atomic E-state index is 6.89. The third kappa shape index (κ3) is 4.51. The number of para-hydroxylation sites is 1. The molecule has 0 amide bonds. The predicted octanol–water partition coefficient (Wildman–Crippen LogP) is 14.4. The molecular weight excluding hydrogens is 663 g/mol. The molecular formula is C50H33NOS. The van der Waals surface area contributed by atoms with Crippen molar-refractivity contribution < 1.29 is 4.42 Å². The fourth-order valence-corrected chi connectivity index (χ4v) is 9.84. The summed E-state index contributed by atoms with van der Waals surface area (Å²) in [6.45, 7) is 2.37. The van der Waals surface area contributed by atoms with Gasteiger partial charge in [-0.1, -0.05) is 127 Å². The largest absolute Gasteiger partial charge is 0.454 e. The van der Waals surface area contributed by atoms with Gasteiger partial charge in [0.25, 0.3) is 0 Å². The molecule has 250 valence electrons. The molecule has 0 unspecified atom stereocenters. The van der Waals surface area contributed by atoms with Crippen LogP contribution >= 0.6 is 11.3 Å². The van der Waals surface area contributed by atoms with Gasteiger partial charge in [-0.05, 0) is 100 Å². The first-order valence-corrected chi connectivity index (χ1v) is 19.0. The SMILES string of the molecule is CC1(c2ccc3oc4c(N(c5ccc(-c6ccccc6)cc5)c5ccc6sc7ccccc7c6c5)cccc4c3c2)c2ccccc2-c2ccccc21. The van der Waals surface area contributed by atoms with Crippen molar-refractivity contribution in [1.29, 1.82) is 0 Å². The summed E-state index contributed by atoms with van der Waals surface area (Å²) in [5.41, 5.74) is 13.6. The molecule has 0 saturated heterocycles. The summed E-state index contributed by atoms with van der Waals surface area (Å²) in [7, 11) is 0. The molecule has 2 heterocycles. The summed E-state index contributed by atoms with van der Waals surface area (Å²) in [6, 6.07) is 66.1. The predicted molar refractivity (Wildman–Crippen MR) is 224 cm³/mol. The minimum atomic E-state index is -0.284. The van der Waals surface area contributed by atoms with E-state index in [2.05, 4.69) is 194 Å². The van der Waals surface area contributed by atoms with E-state index in [-0.39, 0.29) is 5.41 Å². The molecule has 0 atom stereocenters. The number of nitrogens with zero attached hydrogens (tertiary/aromatic N) is 1. The van der Waals surface area contributed by atoms with Gasteiger partial charge in [0.2, 0.25) is 0 Å². The van der Waals surface area contributed by atoms with Crippen molar-refractivity contribution in [2.24, 2.45) is 0 Å². The highest BCUT2D eigenvalue weighted by Crippen LogP contribution is 2.53. The summed E-state index contributed by atoms with van der Waals surface area (Å²) < 4.78 is 9.48. The van der Waals surface area contributed by atoms with Crippen molar-refractivity contribution in [3.63, 3.8) is 0 Å². The highest BCUT2D eigenvalue weighted by molar-refractivity contribution is 7.25. The Balaban J connectivity index is 1.11. The van der Waals surface area contributed by atoms with Crippen molar-refractivity contribution in [1.82, 2.24) is 0 Å². The summed E-state index contributed by atoms with van der Waals surface area (Å²) >= 11 is 1.84. The lowest BCUT2D eigenvalue weighted by molar-refractivity contribution is 0.667. The van der Waals surface area contributed by atoms with Crippen LogP contribution in [0.15, 0.2) is 186 Å². The van der Waals surface area contributed by atoms with Gasteiger partial charge >= 0.3 is 0 Å². The number of rotatable bonds is 5. The Morgan fingerprint density at radius 1 is 0.472 bits per heavy atom. The van der Waals surface area contributed by atoms with E-state index in [1.807, 2.05) is 11.3 Å². The Bertz CT molecular complexity index is 2980. The van der Waals surface area contributed by atoms with Crippen molar-refractivity contribution in [3.8, 4) is 22.3 Å². The van der Waals surface area contributed by atoms with Gasteiger partial charge in [-0.3, -0.25) is 0 Å². The second-order valence-corrected chi connectivity index (χ2v) is 15.3. The van der Waals surface area contributed by atoms with Gasteiger partial charge in [0.15, 0.2) is 5.58 Å². The smallest absolute Gasteiger partial charge is 0.159 e. The van der Waals surface area contributed by atoms with Gasteiger partial charge in [0.05, 0.1) is 5.69 Å². The molecule has 0 N–H and O–H groups in total. The average Bonchev–Trinajstić information content (AvgIpc) is 3.87. The zero-order valence-corrected chi connectivity index (χ0v) is 29.9. The Labute approximate surface area is 311 Å². The van der Waals surface area contributed by atoms with E-state index in [0.717, 1.165) is 39.0 Å². The van der Waals surface area contributed by atoms with Gasteiger partial charge in [0, 0.05) is 47.7 Å². The third-order valence-electron chi connectivity index (χ3n) is 11.4. The molecule has 11 rings (SSSR count). The molecule has 2 nitrogen and oxygen atoms in total. The maximum absolute atomic E-state index is 6.89. The van der Waals surface area contributed by atoms with Crippen LogP contribution in [0.3, 0.4) is 0 Å². The van der Waals surface area contributed by atoms with Crippen molar-refractivity contribution in [2.75, 3.05) is 4.90 Å². The van der Waals surface area contributed by atoms with Crippen LogP contribution in [0.25, 0.3) is 64.4 Å². The average molecular weight is 696 g/mol. The van der Waals surface area contributed by atoms with Crippen LogP contribution in [0.2, 0.25) is 0 Å². The maximum Gasteiger partial charge on any atom is 0.159 e. The van der Waals surface area contributed by atoms with E-state index in [4.69, 9.17) is 4.42 Å². The zero-order valence-electron chi connectivity index (χ0n) is 29.1. The number of furan rings is 1. The second-order valence-electron chi connectivity index (χ2n) is 14.2. The van der Waals surface area contributed by atoms with E-state index in [9.17, 15) is 0 Å². The quantitative estimate of drug-likeness (QED) is 0.178. The number of benzene rings is 8. The van der Waals surface area contributed by atoms with Gasteiger partial charge < -0.3 is 9.32 Å². The summed E-state index contributed by atoms with van der Waals surface area (Å²) in [5, 5.41) is 4.78. The van der Waals surface area contributed by atoms with E-state index in [1.54, 1.807) is 0 Å². The molecule has 0 bridgehead atoms. The van der Waals surface area contributed by atoms with Crippen LogP contribution < -0.4 is 4.90 Å². The molecule has 53 heavy (non-hydrogen) atoms. The second kappa shape index (κ2) is 11.5. The van der Waals surface area contributed by atoms with Crippen LogP contribution in [-0.2, 0) is 5.41 Å². The van der Waals surface area contributed by atoms with E-state index >= 15 is 0 Å². The number of hydrogen-bond acceptors (Lipinski definition) is 3. The monoisotopic (exact) mass is 695 g/mol. The van der Waals surface area contributed by atoms with Gasteiger partial charge in [-0.25, -0.2) is 0 Å². The van der Waals surface area contributed by atoms with Crippen molar-refractivity contribution in [3.05, 3.63) is 199 Å². The lowest BCUT2D eigenvalue weighted by Gasteiger charge is -2.28. The molecule has 0 fully saturated rings. The Hall–Kier alpha value is -6.42. The van der Waals surface area contributed by atoms with E-state index in [0.29, 0.717) is 0 Å². The van der Waals surface area contributed by atoms with Crippen LogP contribution in [0, 0.1) is 0 Å². The van der Waals surface area contributed by atoms with Crippen LogP contribution in [0.1, 0.15) is 23.6 Å². The lowest BCUT2D eigenvalue weighted by Crippen LogP contribution is -2.22. The van der Waals surface area contributed by atoms with Crippen LogP contribution in [-0.4, -0.2) is 0 Å². The minimum Gasteiger partial charge on any atom is -0.454 e. The highest BCUT2D eigenvalue weighted by atomic mass is 32.1. The fourth-order valence-electron chi connectivity index (χ4n) is 8.75. The van der Waals surface area contributed by atoms with Gasteiger partial charge in [-0.2, -0.15) is 0 Å². The number of anilines is 3. The van der Waals surface area contributed by atoms with E-state index < -0.39 is 0 Å². The van der Waals surface area contributed by atoms with Crippen molar-refractivity contribution >= 4 is 70.5 Å². The van der Waals surface area contributed by atoms with Crippen molar-refractivity contribution in [2.45, 2.75) is 12.3 Å². The highest BCUT2D eigenvalue weighted by Gasteiger charge is 2.40. The molecule has 0 aliphatic heterocycles. The molecule has 0 spiro atoms. The zero-order chi connectivity index (χ0) is 35.1. The number of hydrogen-bond donors (Lipinski definition) is 0. The molecule has 1 aliphatic rings. The molecule has 10 aromatic rings. The summed E-state index contributed by atoms with van der Waals surface area (Å²) in [5.74, 6) is 0. The van der Waals surface area contributed by atoms with Crippen LogP contribution in [0.4, 0.5) is 17.1 Å². The first-order valence-electron chi connectivity index (χ1n) is 18.2. The Kier molecular flexibility index (Phi) is 6.58. The number of fused-ring (bicyclic) bond motifs is 9. The summed E-state index contributed by atoms with van der Waals surface area (Å²) in [4.78, 5) is 2.36. The normalized spacial score (nSPS) is 13.2.